The summed E-state index contributed by atoms with van der Waals surface area (Å²) < 4.78 is 5.69. The standard InChI is InChI=1S/C19H30N2O2S/c22-19(14-16-8-3-6-12-23-16)20-15-17(18-9-7-13-24-18)21-10-4-1-2-5-11-21/h7,9,13,16-17H,1-6,8,10-12,14-15H2,(H,20,22). The number of hydrogen-bond donors (Lipinski definition) is 1. The first kappa shape index (κ1) is 17.9. The van der Waals surface area contributed by atoms with Gasteiger partial charge in [0.1, 0.15) is 0 Å². The SMILES string of the molecule is O=C(CC1CCCCO1)NCC(c1cccs1)N1CCCCCC1. The van der Waals surface area contributed by atoms with Crippen molar-refractivity contribution >= 4 is 17.2 Å². The van der Waals surface area contributed by atoms with Crippen molar-refractivity contribution in [2.24, 2.45) is 0 Å². The van der Waals surface area contributed by atoms with Crippen LogP contribution in [0.1, 0.15) is 62.3 Å². The fourth-order valence-corrected chi connectivity index (χ4v) is 4.62. The second-order valence-corrected chi connectivity index (χ2v) is 7.96. The van der Waals surface area contributed by atoms with Crippen LogP contribution in [-0.2, 0) is 9.53 Å². The second kappa shape index (κ2) is 9.54. The van der Waals surface area contributed by atoms with Crippen LogP contribution in [0.15, 0.2) is 17.5 Å². The van der Waals surface area contributed by atoms with E-state index < -0.39 is 0 Å². The highest BCUT2D eigenvalue weighted by atomic mass is 32.1. The number of hydrogen-bond acceptors (Lipinski definition) is 4. The van der Waals surface area contributed by atoms with Gasteiger partial charge in [-0.1, -0.05) is 18.9 Å². The molecule has 2 atom stereocenters. The summed E-state index contributed by atoms with van der Waals surface area (Å²) in [5.41, 5.74) is 0. The first-order valence-electron chi connectivity index (χ1n) is 9.48. The lowest BCUT2D eigenvalue weighted by molar-refractivity contribution is -0.125. The minimum Gasteiger partial charge on any atom is -0.378 e. The molecule has 2 fully saturated rings. The third-order valence-electron chi connectivity index (χ3n) is 5.13. The molecular weight excluding hydrogens is 320 g/mol. The normalized spacial score (nSPS) is 24.2. The quantitative estimate of drug-likeness (QED) is 0.850. The fourth-order valence-electron chi connectivity index (χ4n) is 3.76. The number of ether oxygens (including phenoxy) is 1. The monoisotopic (exact) mass is 350 g/mol. The Bertz CT molecular complexity index is 478. The zero-order chi connectivity index (χ0) is 16.6. The molecule has 5 heteroatoms. The molecule has 0 aliphatic carbocycles. The fraction of sp³-hybridized carbons (Fsp3) is 0.737. The Kier molecular flexibility index (Phi) is 7.12. The van der Waals surface area contributed by atoms with E-state index in [-0.39, 0.29) is 12.0 Å². The second-order valence-electron chi connectivity index (χ2n) is 6.98. The molecule has 0 bridgehead atoms. The molecule has 0 aromatic carbocycles. The lowest BCUT2D eigenvalue weighted by Crippen LogP contribution is -2.39. The molecule has 4 nitrogen and oxygen atoms in total. The summed E-state index contributed by atoms with van der Waals surface area (Å²) >= 11 is 1.80. The van der Waals surface area contributed by atoms with Crippen molar-refractivity contribution in [3.05, 3.63) is 22.4 Å². The number of nitrogens with zero attached hydrogens (tertiary/aromatic N) is 1. The third-order valence-corrected chi connectivity index (χ3v) is 6.11. The van der Waals surface area contributed by atoms with Crippen molar-refractivity contribution in [1.29, 1.82) is 0 Å². The van der Waals surface area contributed by atoms with Crippen LogP contribution >= 0.6 is 11.3 Å². The van der Waals surface area contributed by atoms with Gasteiger partial charge in [0.25, 0.3) is 0 Å². The minimum atomic E-state index is 0.122. The number of likely N-dealkylation sites (tertiary alicyclic amines) is 1. The summed E-state index contributed by atoms with van der Waals surface area (Å²) in [6.07, 6.45) is 9.18. The van der Waals surface area contributed by atoms with E-state index >= 15 is 0 Å². The number of carbonyl (C=O) groups is 1. The van der Waals surface area contributed by atoms with Gasteiger partial charge in [0.05, 0.1) is 18.6 Å². The molecule has 0 radical (unpaired) electrons. The number of nitrogens with one attached hydrogen (secondary N) is 1. The summed E-state index contributed by atoms with van der Waals surface area (Å²) in [7, 11) is 0. The van der Waals surface area contributed by atoms with Gasteiger partial charge in [-0.3, -0.25) is 9.69 Å². The highest BCUT2D eigenvalue weighted by molar-refractivity contribution is 7.10. The lowest BCUT2D eigenvalue weighted by Gasteiger charge is -2.30. The first-order chi connectivity index (χ1) is 11.8. The smallest absolute Gasteiger partial charge is 0.222 e. The van der Waals surface area contributed by atoms with Crippen LogP contribution < -0.4 is 5.32 Å². The highest BCUT2D eigenvalue weighted by Crippen LogP contribution is 2.27. The highest BCUT2D eigenvalue weighted by Gasteiger charge is 2.24. The zero-order valence-electron chi connectivity index (χ0n) is 14.5. The van der Waals surface area contributed by atoms with Crippen LogP contribution in [0.5, 0.6) is 0 Å². The van der Waals surface area contributed by atoms with Gasteiger partial charge in [-0.25, -0.2) is 0 Å². The molecule has 1 N–H and O–H groups in total. The van der Waals surface area contributed by atoms with Crippen molar-refractivity contribution in [3.63, 3.8) is 0 Å². The summed E-state index contributed by atoms with van der Waals surface area (Å²) in [6, 6.07) is 4.64. The summed E-state index contributed by atoms with van der Waals surface area (Å²) in [4.78, 5) is 16.3. The maximum Gasteiger partial charge on any atom is 0.222 e. The summed E-state index contributed by atoms with van der Waals surface area (Å²) in [5.74, 6) is 0.137. The van der Waals surface area contributed by atoms with E-state index in [2.05, 4.69) is 27.7 Å². The van der Waals surface area contributed by atoms with Crippen LogP contribution in [0.3, 0.4) is 0 Å². The number of rotatable bonds is 6. The van der Waals surface area contributed by atoms with E-state index in [1.165, 1.54) is 37.0 Å². The molecule has 2 aliphatic heterocycles. The number of carbonyl (C=O) groups excluding carboxylic acids is 1. The molecule has 2 unspecified atom stereocenters. The van der Waals surface area contributed by atoms with Gasteiger partial charge in [0, 0.05) is 18.0 Å². The van der Waals surface area contributed by atoms with Gasteiger partial charge >= 0.3 is 0 Å². The van der Waals surface area contributed by atoms with E-state index in [4.69, 9.17) is 4.74 Å². The van der Waals surface area contributed by atoms with Crippen LogP contribution in [-0.4, -0.2) is 43.2 Å². The lowest BCUT2D eigenvalue weighted by atomic mass is 10.1. The van der Waals surface area contributed by atoms with E-state index in [9.17, 15) is 4.79 Å². The Morgan fingerprint density at radius 1 is 1.25 bits per heavy atom. The van der Waals surface area contributed by atoms with Crippen LogP contribution in [0.25, 0.3) is 0 Å². The molecule has 1 aromatic rings. The predicted octanol–water partition coefficient (Wildman–Crippen LogP) is 3.74. The van der Waals surface area contributed by atoms with E-state index in [1.54, 1.807) is 11.3 Å². The van der Waals surface area contributed by atoms with Gasteiger partial charge in [-0.15, -0.1) is 11.3 Å². The largest absolute Gasteiger partial charge is 0.378 e. The van der Waals surface area contributed by atoms with Crippen LogP contribution in [0.4, 0.5) is 0 Å². The molecule has 3 heterocycles. The third kappa shape index (κ3) is 5.30. The molecule has 1 amide bonds. The van der Waals surface area contributed by atoms with E-state index in [0.29, 0.717) is 19.0 Å². The maximum atomic E-state index is 12.3. The van der Waals surface area contributed by atoms with Gasteiger partial charge in [0.2, 0.25) is 5.91 Å². The zero-order valence-corrected chi connectivity index (χ0v) is 15.4. The number of amides is 1. The van der Waals surface area contributed by atoms with E-state index in [0.717, 1.165) is 32.5 Å². The molecule has 0 saturated carbocycles. The Morgan fingerprint density at radius 3 is 2.75 bits per heavy atom. The molecule has 2 aliphatic rings. The van der Waals surface area contributed by atoms with Gasteiger partial charge < -0.3 is 10.1 Å². The van der Waals surface area contributed by atoms with Crippen LogP contribution in [0.2, 0.25) is 0 Å². The molecule has 2 saturated heterocycles. The molecule has 1 aromatic heterocycles. The van der Waals surface area contributed by atoms with Gasteiger partial charge in [-0.05, 0) is 56.6 Å². The molecule has 24 heavy (non-hydrogen) atoms. The Hall–Kier alpha value is -0.910. The Balaban J connectivity index is 1.54. The molecule has 134 valence electrons. The van der Waals surface area contributed by atoms with Gasteiger partial charge in [-0.2, -0.15) is 0 Å². The summed E-state index contributed by atoms with van der Waals surface area (Å²) in [5, 5.41) is 5.32. The van der Waals surface area contributed by atoms with Crippen molar-refractivity contribution in [2.45, 2.75) is 63.5 Å². The Morgan fingerprint density at radius 2 is 2.08 bits per heavy atom. The van der Waals surface area contributed by atoms with Crippen LogP contribution in [0, 0.1) is 0 Å². The van der Waals surface area contributed by atoms with E-state index in [1.807, 2.05) is 0 Å². The molecule has 3 rings (SSSR count). The maximum absolute atomic E-state index is 12.3. The van der Waals surface area contributed by atoms with Crippen molar-refractivity contribution in [2.75, 3.05) is 26.2 Å². The average molecular weight is 351 g/mol. The van der Waals surface area contributed by atoms with Gasteiger partial charge in [0.15, 0.2) is 0 Å². The minimum absolute atomic E-state index is 0.122. The first-order valence-corrected chi connectivity index (χ1v) is 10.4. The van der Waals surface area contributed by atoms with Crippen molar-refractivity contribution < 1.29 is 9.53 Å². The predicted molar refractivity (Wildman–Crippen MR) is 98.3 cm³/mol. The molecular formula is C19H30N2O2S. The summed E-state index contributed by atoms with van der Waals surface area (Å²) in [6.45, 7) is 3.81. The number of thiophene rings is 1. The Labute approximate surface area is 149 Å². The van der Waals surface area contributed by atoms with Crippen molar-refractivity contribution in [1.82, 2.24) is 10.2 Å². The average Bonchev–Trinajstić information content (AvgIpc) is 2.99. The van der Waals surface area contributed by atoms with Crippen molar-refractivity contribution in [3.8, 4) is 0 Å². The molecule has 0 spiro atoms. The topological polar surface area (TPSA) is 41.6 Å².